The number of methoxy groups -OCH3 is 1. The second kappa shape index (κ2) is 13.5. The summed E-state index contributed by atoms with van der Waals surface area (Å²) >= 11 is 0. The minimum atomic E-state index is 0. The van der Waals surface area contributed by atoms with E-state index in [1.807, 2.05) is 29.0 Å². The molecule has 0 atom stereocenters. The quantitative estimate of drug-likeness (QED) is 0.234. The summed E-state index contributed by atoms with van der Waals surface area (Å²) in [5.41, 5.74) is 1.06. The SMILES string of the molecule is CCc1nncn1CCNC(=NCCOC)NCCc1ccccn1.I. The van der Waals surface area contributed by atoms with Gasteiger partial charge in [-0.1, -0.05) is 13.0 Å². The fourth-order valence-corrected chi connectivity index (χ4v) is 2.31. The van der Waals surface area contributed by atoms with Gasteiger partial charge >= 0.3 is 0 Å². The molecule has 2 N–H and O–H groups in total. The van der Waals surface area contributed by atoms with Gasteiger partial charge in [-0.05, 0) is 12.1 Å². The number of hydrogen-bond donors (Lipinski definition) is 2. The van der Waals surface area contributed by atoms with E-state index in [0.29, 0.717) is 13.2 Å². The number of nitrogens with one attached hydrogen (secondary N) is 2. The number of guanidine groups is 1. The first kappa shape index (κ1) is 22.3. The molecule has 2 aromatic heterocycles. The maximum absolute atomic E-state index is 5.07. The summed E-state index contributed by atoms with van der Waals surface area (Å²) < 4.78 is 7.12. The van der Waals surface area contributed by atoms with Gasteiger partial charge in [0.2, 0.25) is 0 Å². The van der Waals surface area contributed by atoms with Crippen LogP contribution in [-0.2, 0) is 24.1 Å². The molecule has 144 valence electrons. The van der Waals surface area contributed by atoms with Crippen LogP contribution < -0.4 is 10.6 Å². The van der Waals surface area contributed by atoms with E-state index < -0.39 is 0 Å². The lowest BCUT2D eigenvalue weighted by Gasteiger charge is -2.13. The van der Waals surface area contributed by atoms with E-state index in [4.69, 9.17) is 4.74 Å². The van der Waals surface area contributed by atoms with Crippen molar-refractivity contribution in [2.75, 3.05) is 33.4 Å². The molecule has 2 aromatic rings. The maximum atomic E-state index is 5.07. The molecule has 2 heterocycles. The third-order valence-corrected chi connectivity index (χ3v) is 3.62. The molecule has 0 unspecified atom stereocenters. The Balaban J connectivity index is 0.00000338. The Morgan fingerprint density at radius 1 is 1.27 bits per heavy atom. The third kappa shape index (κ3) is 8.09. The maximum Gasteiger partial charge on any atom is 0.191 e. The molecule has 2 rings (SSSR count). The van der Waals surface area contributed by atoms with Crippen LogP contribution in [0.4, 0.5) is 0 Å². The molecule has 0 radical (unpaired) electrons. The Hall–Kier alpha value is -1.75. The molecule has 0 saturated heterocycles. The third-order valence-electron chi connectivity index (χ3n) is 3.62. The summed E-state index contributed by atoms with van der Waals surface area (Å²) in [7, 11) is 1.68. The number of aromatic nitrogens is 4. The summed E-state index contributed by atoms with van der Waals surface area (Å²) in [6, 6.07) is 5.94. The van der Waals surface area contributed by atoms with Gasteiger partial charge in [-0.2, -0.15) is 0 Å². The highest BCUT2D eigenvalue weighted by Gasteiger charge is 2.03. The highest BCUT2D eigenvalue weighted by atomic mass is 127. The molecule has 0 amide bonds. The molecule has 8 nitrogen and oxygen atoms in total. The molecule has 0 aliphatic rings. The van der Waals surface area contributed by atoms with E-state index in [1.54, 1.807) is 13.4 Å². The van der Waals surface area contributed by atoms with Crippen LogP contribution in [0.2, 0.25) is 0 Å². The van der Waals surface area contributed by atoms with Gasteiger partial charge in [0, 0.05) is 51.5 Å². The van der Waals surface area contributed by atoms with Crippen LogP contribution in [0.25, 0.3) is 0 Å². The normalized spacial score (nSPS) is 11.1. The predicted molar refractivity (Wildman–Crippen MR) is 113 cm³/mol. The number of halogens is 1. The number of pyridine rings is 1. The number of nitrogens with zero attached hydrogens (tertiary/aromatic N) is 5. The van der Waals surface area contributed by atoms with Crippen molar-refractivity contribution in [2.24, 2.45) is 4.99 Å². The predicted octanol–water partition coefficient (Wildman–Crippen LogP) is 1.28. The highest BCUT2D eigenvalue weighted by molar-refractivity contribution is 14.0. The molecule has 0 bridgehead atoms. The average Bonchev–Trinajstić information content (AvgIpc) is 3.10. The van der Waals surface area contributed by atoms with Crippen LogP contribution in [0, 0.1) is 0 Å². The van der Waals surface area contributed by atoms with Crippen LogP contribution in [0.1, 0.15) is 18.4 Å². The van der Waals surface area contributed by atoms with Gasteiger partial charge in [-0.15, -0.1) is 34.2 Å². The topological polar surface area (TPSA) is 89.2 Å². The molecule has 0 aromatic carbocycles. The zero-order chi connectivity index (χ0) is 17.7. The first-order chi connectivity index (χ1) is 12.3. The summed E-state index contributed by atoms with van der Waals surface area (Å²) in [5, 5.41) is 14.7. The standard InChI is InChI=1S/C17H27N7O.HI/c1-3-16-23-22-14-24(16)12-10-20-17(21-11-13-25-2)19-9-7-15-6-4-5-8-18-15;/h4-6,8,14H,3,7,9-13H2,1-2H3,(H2,19,20,21);1H. The van der Waals surface area contributed by atoms with Gasteiger partial charge in [0.25, 0.3) is 0 Å². The van der Waals surface area contributed by atoms with E-state index in [1.165, 1.54) is 0 Å². The fraction of sp³-hybridized carbons (Fsp3) is 0.529. The molecule has 0 spiro atoms. The van der Waals surface area contributed by atoms with Crippen molar-refractivity contribution in [3.63, 3.8) is 0 Å². The smallest absolute Gasteiger partial charge is 0.191 e. The van der Waals surface area contributed by atoms with E-state index in [2.05, 4.69) is 37.7 Å². The Labute approximate surface area is 171 Å². The number of ether oxygens (including phenoxy) is 1. The fourth-order valence-electron chi connectivity index (χ4n) is 2.31. The zero-order valence-electron chi connectivity index (χ0n) is 15.4. The van der Waals surface area contributed by atoms with Gasteiger partial charge in [-0.25, -0.2) is 0 Å². The second-order valence-corrected chi connectivity index (χ2v) is 5.44. The van der Waals surface area contributed by atoms with Gasteiger partial charge < -0.3 is 19.9 Å². The molecule has 9 heteroatoms. The summed E-state index contributed by atoms with van der Waals surface area (Å²) in [4.78, 5) is 8.84. The molecule has 0 aliphatic heterocycles. The first-order valence-electron chi connectivity index (χ1n) is 8.61. The van der Waals surface area contributed by atoms with Gasteiger partial charge in [0.1, 0.15) is 12.2 Å². The number of aryl methyl sites for hydroxylation is 1. The van der Waals surface area contributed by atoms with Crippen molar-refractivity contribution < 1.29 is 4.74 Å². The Morgan fingerprint density at radius 3 is 2.85 bits per heavy atom. The minimum Gasteiger partial charge on any atom is -0.383 e. The number of rotatable bonds is 10. The number of hydrogen-bond acceptors (Lipinski definition) is 5. The highest BCUT2D eigenvalue weighted by Crippen LogP contribution is 1.95. The molecule has 0 fully saturated rings. The van der Waals surface area contributed by atoms with Crippen LogP contribution >= 0.6 is 24.0 Å². The van der Waals surface area contributed by atoms with E-state index >= 15 is 0 Å². The summed E-state index contributed by atoms with van der Waals surface area (Å²) in [5.74, 6) is 1.77. The summed E-state index contributed by atoms with van der Waals surface area (Å²) in [6.45, 7) is 5.59. The molecular weight excluding hydrogens is 445 g/mol. The lowest BCUT2D eigenvalue weighted by Crippen LogP contribution is -2.40. The van der Waals surface area contributed by atoms with E-state index in [0.717, 1.165) is 50.0 Å². The lowest BCUT2D eigenvalue weighted by atomic mass is 10.3. The van der Waals surface area contributed by atoms with Crippen molar-refractivity contribution in [1.29, 1.82) is 0 Å². The van der Waals surface area contributed by atoms with Gasteiger partial charge in [0.15, 0.2) is 5.96 Å². The number of aliphatic imine (C=N–C) groups is 1. The monoisotopic (exact) mass is 473 g/mol. The van der Waals surface area contributed by atoms with Gasteiger partial charge in [0.05, 0.1) is 13.2 Å². The van der Waals surface area contributed by atoms with Crippen molar-refractivity contribution in [3.8, 4) is 0 Å². The molecular formula is C17H28IN7O. The van der Waals surface area contributed by atoms with Gasteiger partial charge in [-0.3, -0.25) is 9.98 Å². The summed E-state index contributed by atoms with van der Waals surface area (Å²) in [6.07, 6.45) is 5.29. The molecule has 0 aliphatic carbocycles. The average molecular weight is 473 g/mol. The van der Waals surface area contributed by atoms with Crippen molar-refractivity contribution in [1.82, 2.24) is 30.4 Å². The van der Waals surface area contributed by atoms with Crippen LogP contribution in [0.15, 0.2) is 35.7 Å². The van der Waals surface area contributed by atoms with E-state index in [9.17, 15) is 0 Å². The second-order valence-electron chi connectivity index (χ2n) is 5.44. The lowest BCUT2D eigenvalue weighted by molar-refractivity contribution is 0.208. The Kier molecular flexibility index (Phi) is 11.5. The van der Waals surface area contributed by atoms with E-state index in [-0.39, 0.29) is 24.0 Å². The van der Waals surface area contributed by atoms with Crippen LogP contribution in [0.3, 0.4) is 0 Å². The molecule has 26 heavy (non-hydrogen) atoms. The Bertz CT molecular complexity index is 633. The first-order valence-corrected chi connectivity index (χ1v) is 8.61. The Morgan fingerprint density at radius 2 is 2.12 bits per heavy atom. The zero-order valence-corrected chi connectivity index (χ0v) is 17.7. The van der Waals surface area contributed by atoms with Crippen LogP contribution in [0.5, 0.6) is 0 Å². The largest absolute Gasteiger partial charge is 0.383 e. The minimum absolute atomic E-state index is 0. The van der Waals surface area contributed by atoms with Crippen molar-refractivity contribution in [2.45, 2.75) is 26.3 Å². The van der Waals surface area contributed by atoms with Crippen molar-refractivity contribution in [3.05, 3.63) is 42.2 Å². The van der Waals surface area contributed by atoms with Crippen molar-refractivity contribution >= 4 is 29.9 Å². The molecule has 0 saturated carbocycles. The van der Waals surface area contributed by atoms with Crippen LogP contribution in [-0.4, -0.2) is 59.1 Å².